The standard InChI is InChI=1S/C15H13F3N8O5S3/c16-15(17,18)8-13(33-25-22-8)32-4-2-1-3-5(11(28)26(3)7(4)12(29)30)20-10(27)6(23-31)9-21-14(19)34-24-9/h3,5,8,13,31H,1-2H2,(H,20,27)(H,29,30)(H2,19,21,24)/b23-6-. The van der Waals surface area contributed by atoms with E-state index in [2.05, 4.69) is 29.5 Å². The van der Waals surface area contributed by atoms with Gasteiger partial charge in [0.15, 0.2) is 11.2 Å². The second-order valence-corrected chi connectivity index (χ2v) is 10.2. The number of nitrogen functional groups attached to an aromatic ring is 1. The van der Waals surface area contributed by atoms with Crippen molar-refractivity contribution in [3.05, 3.63) is 16.4 Å². The molecule has 0 saturated carbocycles. The lowest BCUT2D eigenvalue weighted by molar-refractivity contribution is -0.155. The molecule has 5 N–H and O–H groups in total. The number of aromatic nitrogens is 2. The second-order valence-electron chi connectivity index (χ2n) is 7.02. The van der Waals surface area contributed by atoms with Gasteiger partial charge in [0.25, 0.3) is 11.8 Å². The lowest BCUT2D eigenvalue weighted by Gasteiger charge is -2.50. The van der Waals surface area contributed by atoms with E-state index in [1.54, 1.807) is 0 Å². The number of alkyl halides is 3. The molecule has 1 saturated heterocycles. The van der Waals surface area contributed by atoms with Crippen LogP contribution < -0.4 is 11.1 Å². The fourth-order valence-electron chi connectivity index (χ4n) is 3.56. The molecule has 0 aromatic carbocycles. The number of hydrogen-bond acceptors (Lipinski definition) is 13. The number of carbonyl (C=O) groups is 3. The first kappa shape index (κ1) is 24.2. The number of fused-ring (bicyclic) bond motifs is 1. The SMILES string of the molecule is Nc1nc(/C(=N/O)C(=O)NC2C(=O)N3C(C(=O)O)=C(SC4SN=NC4C(F)(F)F)CCC23)ns1. The molecule has 0 radical (unpaired) electrons. The van der Waals surface area contributed by atoms with Crippen LogP contribution in [0.2, 0.25) is 0 Å². The van der Waals surface area contributed by atoms with E-state index in [9.17, 15) is 32.7 Å². The van der Waals surface area contributed by atoms with E-state index in [0.717, 1.165) is 16.4 Å². The number of anilines is 1. The smallest absolute Gasteiger partial charge is 0.414 e. The minimum Gasteiger partial charge on any atom is -0.477 e. The Morgan fingerprint density at radius 2 is 2.09 bits per heavy atom. The summed E-state index contributed by atoms with van der Waals surface area (Å²) in [5.41, 5.74) is 4.40. The number of carbonyl (C=O) groups excluding carboxylic acids is 2. The summed E-state index contributed by atoms with van der Waals surface area (Å²) < 4.78 is 45.4. The molecule has 1 aromatic heterocycles. The highest BCUT2D eigenvalue weighted by Crippen LogP contribution is 2.49. The molecule has 3 aliphatic heterocycles. The summed E-state index contributed by atoms with van der Waals surface area (Å²) >= 11 is 1.99. The predicted octanol–water partition coefficient (Wildman–Crippen LogP) is 1.19. The van der Waals surface area contributed by atoms with Gasteiger partial charge >= 0.3 is 12.1 Å². The molecule has 4 atom stereocenters. The van der Waals surface area contributed by atoms with Crippen LogP contribution in [-0.2, 0) is 14.4 Å². The fraction of sp³-hybridized carbons (Fsp3) is 0.467. The number of aliphatic carboxylic acids is 1. The summed E-state index contributed by atoms with van der Waals surface area (Å²) in [6, 6.07) is -4.01. The molecular formula is C15H13F3N8O5S3. The van der Waals surface area contributed by atoms with Gasteiger partial charge in [-0.15, -0.1) is 16.3 Å². The van der Waals surface area contributed by atoms with Crippen LogP contribution in [0, 0.1) is 0 Å². The molecule has 182 valence electrons. The molecule has 19 heteroatoms. The summed E-state index contributed by atoms with van der Waals surface area (Å²) in [4.78, 5) is 41.9. The molecule has 2 amide bonds. The third kappa shape index (κ3) is 4.29. The first-order valence-electron chi connectivity index (χ1n) is 9.24. The van der Waals surface area contributed by atoms with E-state index >= 15 is 0 Å². The Morgan fingerprint density at radius 3 is 2.68 bits per heavy atom. The zero-order chi connectivity index (χ0) is 24.8. The van der Waals surface area contributed by atoms with Crippen LogP contribution in [0.1, 0.15) is 18.7 Å². The third-order valence-corrected chi connectivity index (χ3v) is 7.94. The number of nitrogens with zero attached hydrogens (tertiary/aromatic N) is 6. The van der Waals surface area contributed by atoms with Crippen LogP contribution in [0.15, 0.2) is 25.4 Å². The quantitative estimate of drug-likeness (QED) is 0.134. The zero-order valence-corrected chi connectivity index (χ0v) is 18.9. The van der Waals surface area contributed by atoms with Crippen molar-refractivity contribution >= 4 is 63.9 Å². The molecule has 1 fully saturated rings. The highest BCUT2D eigenvalue weighted by Gasteiger charge is 2.55. The van der Waals surface area contributed by atoms with Gasteiger partial charge in [-0.2, -0.15) is 27.6 Å². The van der Waals surface area contributed by atoms with Gasteiger partial charge in [-0.1, -0.05) is 5.16 Å². The molecule has 34 heavy (non-hydrogen) atoms. The first-order valence-corrected chi connectivity index (χ1v) is 11.7. The Kier molecular flexibility index (Phi) is 6.42. The van der Waals surface area contributed by atoms with Crippen LogP contribution >= 0.6 is 35.2 Å². The van der Waals surface area contributed by atoms with Gasteiger partial charge < -0.3 is 21.4 Å². The van der Waals surface area contributed by atoms with Gasteiger partial charge in [0.1, 0.15) is 16.3 Å². The summed E-state index contributed by atoms with van der Waals surface area (Å²) in [6.45, 7) is 0. The number of β-lactam (4-membered cyclic amide) rings is 1. The number of nitrogens with two attached hydrogens (primary N) is 1. The van der Waals surface area contributed by atoms with Crippen molar-refractivity contribution in [1.82, 2.24) is 19.6 Å². The Bertz CT molecular complexity index is 1140. The lowest BCUT2D eigenvalue weighted by atomic mass is 9.86. The fourth-order valence-corrected chi connectivity index (χ4v) is 6.35. The maximum absolute atomic E-state index is 13.2. The van der Waals surface area contributed by atoms with Gasteiger partial charge in [-0.25, -0.2) is 4.79 Å². The van der Waals surface area contributed by atoms with Gasteiger partial charge in [0.05, 0.1) is 6.04 Å². The average Bonchev–Trinajstić information content (AvgIpc) is 3.41. The van der Waals surface area contributed by atoms with Gasteiger partial charge in [-0.05, 0) is 12.8 Å². The lowest BCUT2D eigenvalue weighted by Crippen LogP contribution is -2.72. The van der Waals surface area contributed by atoms with E-state index in [1.807, 2.05) is 0 Å². The molecule has 0 aliphatic carbocycles. The van der Waals surface area contributed by atoms with Crippen LogP contribution in [0.3, 0.4) is 0 Å². The first-order chi connectivity index (χ1) is 16.0. The Hall–Kier alpha value is -2.93. The normalized spacial score (nSPS) is 27.0. The highest BCUT2D eigenvalue weighted by atomic mass is 32.2. The summed E-state index contributed by atoms with van der Waals surface area (Å²) in [7, 11) is 0. The summed E-state index contributed by atoms with van der Waals surface area (Å²) in [5.74, 6) is -3.52. The van der Waals surface area contributed by atoms with Crippen molar-refractivity contribution in [3.8, 4) is 0 Å². The van der Waals surface area contributed by atoms with Gasteiger partial charge in [0, 0.05) is 28.4 Å². The number of amides is 2. The van der Waals surface area contributed by atoms with Crippen molar-refractivity contribution in [1.29, 1.82) is 0 Å². The minimum absolute atomic E-state index is 0.0113. The molecule has 13 nitrogen and oxygen atoms in total. The highest BCUT2D eigenvalue weighted by molar-refractivity contribution is 8.18. The van der Waals surface area contributed by atoms with E-state index in [1.165, 1.54) is 0 Å². The number of oxime groups is 1. The molecule has 4 rings (SSSR count). The van der Waals surface area contributed by atoms with Crippen LogP contribution in [0.4, 0.5) is 18.3 Å². The molecule has 0 bridgehead atoms. The Balaban J connectivity index is 1.50. The molecule has 0 spiro atoms. The molecule has 3 aliphatic rings. The van der Waals surface area contributed by atoms with E-state index in [-0.39, 0.29) is 28.7 Å². The van der Waals surface area contributed by atoms with Crippen LogP contribution in [0.5, 0.6) is 0 Å². The topological polar surface area (TPSA) is 196 Å². The third-order valence-electron chi connectivity index (χ3n) is 5.02. The molecule has 4 unspecified atom stereocenters. The van der Waals surface area contributed by atoms with Crippen molar-refractivity contribution in [2.45, 2.75) is 41.7 Å². The predicted molar refractivity (Wildman–Crippen MR) is 113 cm³/mol. The molecule has 1 aromatic rings. The number of nitrogens with one attached hydrogen (secondary N) is 1. The minimum atomic E-state index is -4.66. The number of allylic oxidation sites excluding steroid dienone is 1. The number of carboxylic acids is 1. The van der Waals surface area contributed by atoms with Gasteiger partial charge in [-0.3, -0.25) is 14.5 Å². The summed E-state index contributed by atoms with van der Waals surface area (Å²) in [5, 5.41) is 27.2. The summed E-state index contributed by atoms with van der Waals surface area (Å²) in [6.07, 6.45) is -4.43. The average molecular weight is 539 g/mol. The maximum atomic E-state index is 13.2. The number of carboxylic acid groups (broad SMARTS) is 1. The molecule has 4 heterocycles. The van der Waals surface area contributed by atoms with Crippen molar-refractivity contribution < 1.29 is 37.9 Å². The monoisotopic (exact) mass is 538 g/mol. The number of rotatable bonds is 6. The van der Waals surface area contributed by atoms with Crippen molar-refractivity contribution in [3.63, 3.8) is 0 Å². The Labute approximate surface area is 200 Å². The maximum Gasteiger partial charge on any atom is 0.414 e. The number of halogens is 3. The Morgan fingerprint density at radius 1 is 1.35 bits per heavy atom. The van der Waals surface area contributed by atoms with Crippen molar-refractivity contribution in [2.75, 3.05) is 5.73 Å². The van der Waals surface area contributed by atoms with Crippen LogP contribution in [0.25, 0.3) is 0 Å². The van der Waals surface area contributed by atoms with Crippen LogP contribution in [-0.4, -0.2) is 77.0 Å². The van der Waals surface area contributed by atoms with E-state index in [0.29, 0.717) is 23.7 Å². The van der Waals surface area contributed by atoms with Crippen molar-refractivity contribution in [2.24, 2.45) is 14.8 Å². The zero-order valence-electron chi connectivity index (χ0n) is 16.5. The number of thioether (sulfide) groups is 1. The second kappa shape index (κ2) is 9.02. The molecular weight excluding hydrogens is 525 g/mol. The largest absolute Gasteiger partial charge is 0.477 e. The number of hydrogen-bond donors (Lipinski definition) is 4. The van der Waals surface area contributed by atoms with Gasteiger partial charge in [0.2, 0.25) is 11.5 Å². The van der Waals surface area contributed by atoms with E-state index in [4.69, 9.17) is 10.9 Å². The van der Waals surface area contributed by atoms with E-state index < -0.39 is 58.1 Å².